The topological polar surface area (TPSA) is 92.8 Å². The second-order valence-corrected chi connectivity index (χ2v) is 8.86. The summed E-state index contributed by atoms with van der Waals surface area (Å²) in [5, 5.41) is 2.82. The summed E-state index contributed by atoms with van der Waals surface area (Å²) in [6, 6.07) is 11.4. The number of anilines is 2. The van der Waals surface area contributed by atoms with Crippen LogP contribution < -0.4 is 9.62 Å². The van der Waals surface area contributed by atoms with Gasteiger partial charge in [0.05, 0.1) is 23.6 Å². The van der Waals surface area contributed by atoms with Crippen molar-refractivity contribution in [2.75, 3.05) is 28.5 Å². The Morgan fingerprint density at radius 1 is 1.07 bits per heavy atom. The van der Waals surface area contributed by atoms with Crippen LogP contribution in [-0.4, -0.2) is 39.2 Å². The van der Waals surface area contributed by atoms with E-state index in [1.165, 1.54) is 4.31 Å². The van der Waals surface area contributed by atoms with E-state index in [0.717, 1.165) is 12.0 Å². The number of rotatable bonds is 5. The fourth-order valence-electron chi connectivity index (χ4n) is 3.20. The van der Waals surface area contributed by atoms with Gasteiger partial charge >= 0.3 is 5.97 Å². The van der Waals surface area contributed by atoms with Crippen molar-refractivity contribution in [1.82, 2.24) is 0 Å². The summed E-state index contributed by atoms with van der Waals surface area (Å²) >= 11 is 0. The number of hydrogen-bond donors (Lipinski definition) is 1. The number of benzene rings is 2. The largest absolute Gasteiger partial charge is 0.462 e. The maximum atomic E-state index is 12.6. The Morgan fingerprint density at radius 2 is 1.76 bits per heavy atom. The van der Waals surface area contributed by atoms with Crippen LogP contribution in [0.4, 0.5) is 11.4 Å². The van der Waals surface area contributed by atoms with Gasteiger partial charge in [0.25, 0.3) is 5.91 Å². The second-order valence-electron chi connectivity index (χ2n) is 6.85. The summed E-state index contributed by atoms with van der Waals surface area (Å²) in [4.78, 5) is 24.4. The number of nitrogens with zero attached hydrogens (tertiary/aromatic N) is 1. The molecule has 2 aromatic carbocycles. The van der Waals surface area contributed by atoms with Crippen LogP contribution in [0, 0.1) is 6.92 Å². The number of nitrogens with one attached hydrogen (secondary N) is 1. The van der Waals surface area contributed by atoms with E-state index >= 15 is 0 Å². The van der Waals surface area contributed by atoms with Gasteiger partial charge < -0.3 is 10.1 Å². The fraction of sp³-hybridized carbons (Fsp3) is 0.333. The van der Waals surface area contributed by atoms with Crippen LogP contribution in [0.3, 0.4) is 0 Å². The molecule has 1 aliphatic rings. The summed E-state index contributed by atoms with van der Waals surface area (Å²) in [6.45, 7) is 4.29. The van der Waals surface area contributed by atoms with Crippen LogP contribution in [0.5, 0.6) is 0 Å². The maximum absolute atomic E-state index is 12.6. The van der Waals surface area contributed by atoms with Crippen LogP contribution in [-0.2, 0) is 14.8 Å². The maximum Gasteiger partial charge on any atom is 0.338 e. The molecular formula is C21H24N2O5S. The lowest BCUT2D eigenvalue weighted by atomic mass is 10.1. The number of ether oxygens (including phenoxy) is 1. The summed E-state index contributed by atoms with van der Waals surface area (Å²) in [7, 11) is -3.28. The Hall–Kier alpha value is -2.87. The smallest absolute Gasteiger partial charge is 0.338 e. The van der Waals surface area contributed by atoms with Crippen molar-refractivity contribution in [3.8, 4) is 0 Å². The molecule has 1 saturated heterocycles. The highest BCUT2D eigenvalue weighted by molar-refractivity contribution is 7.92. The third-order valence-corrected chi connectivity index (χ3v) is 6.62. The predicted molar refractivity (Wildman–Crippen MR) is 112 cm³/mol. The summed E-state index contributed by atoms with van der Waals surface area (Å²) < 4.78 is 30.8. The van der Waals surface area contributed by atoms with Crippen molar-refractivity contribution < 1.29 is 22.7 Å². The molecule has 1 amide bonds. The first-order chi connectivity index (χ1) is 13.8. The molecule has 0 unspecified atom stereocenters. The van der Waals surface area contributed by atoms with Gasteiger partial charge in [-0.25, -0.2) is 13.2 Å². The number of hydrogen-bond acceptors (Lipinski definition) is 5. The van der Waals surface area contributed by atoms with Gasteiger partial charge in [0, 0.05) is 17.8 Å². The Morgan fingerprint density at radius 3 is 2.38 bits per heavy atom. The van der Waals surface area contributed by atoms with Gasteiger partial charge in [-0.1, -0.05) is 0 Å². The minimum absolute atomic E-state index is 0.149. The molecule has 2 aromatic rings. The lowest BCUT2D eigenvalue weighted by molar-refractivity contribution is 0.0526. The van der Waals surface area contributed by atoms with E-state index < -0.39 is 16.0 Å². The normalized spacial score (nSPS) is 15.6. The zero-order chi connectivity index (χ0) is 21.0. The molecule has 7 nitrogen and oxygen atoms in total. The van der Waals surface area contributed by atoms with Crippen molar-refractivity contribution >= 4 is 33.3 Å². The van der Waals surface area contributed by atoms with E-state index in [1.807, 2.05) is 0 Å². The Labute approximate surface area is 170 Å². The van der Waals surface area contributed by atoms with Crippen molar-refractivity contribution in [2.45, 2.75) is 26.7 Å². The quantitative estimate of drug-likeness (QED) is 0.755. The minimum Gasteiger partial charge on any atom is -0.462 e. The molecule has 0 spiro atoms. The van der Waals surface area contributed by atoms with Crippen LogP contribution in [0.15, 0.2) is 42.5 Å². The van der Waals surface area contributed by atoms with Gasteiger partial charge in [-0.2, -0.15) is 0 Å². The van der Waals surface area contributed by atoms with E-state index in [0.29, 0.717) is 42.1 Å². The molecule has 8 heteroatoms. The number of aryl methyl sites for hydroxylation is 1. The highest BCUT2D eigenvalue weighted by Crippen LogP contribution is 2.24. The molecule has 1 fully saturated rings. The molecule has 1 aliphatic heterocycles. The molecule has 154 valence electrons. The highest BCUT2D eigenvalue weighted by Gasteiger charge is 2.26. The van der Waals surface area contributed by atoms with E-state index in [1.54, 1.807) is 56.3 Å². The molecule has 0 aromatic heterocycles. The molecular weight excluding hydrogens is 392 g/mol. The van der Waals surface area contributed by atoms with Crippen LogP contribution in [0.25, 0.3) is 0 Å². The van der Waals surface area contributed by atoms with Gasteiger partial charge in [0.1, 0.15) is 0 Å². The number of sulfonamides is 1. The molecule has 0 radical (unpaired) electrons. The number of esters is 1. The predicted octanol–water partition coefficient (Wildman–Crippen LogP) is 3.35. The second kappa shape index (κ2) is 8.65. The van der Waals surface area contributed by atoms with E-state index in [2.05, 4.69) is 5.32 Å². The molecule has 0 bridgehead atoms. The van der Waals surface area contributed by atoms with Crippen molar-refractivity contribution in [3.63, 3.8) is 0 Å². The molecule has 1 heterocycles. The minimum atomic E-state index is -3.28. The van der Waals surface area contributed by atoms with Gasteiger partial charge in [-0.3, -0.25) is 9.10 Å². The number of amides is 1. The monoisotopic (exact) mass is 416 g/mol. The first kappa shape index (κ1) is 20.9. The standard InChI is InChI=1S/C21H24N2O5S/c1-3-28-21(25)17-8-11-19(15(2)14-17)22-20(24)16-6-9-18(10-7-16)23-12-4-5-13-29(23,26)27/h6-11,14H,3-5,12-13H2,1-2H3,(H,22,24). The van der Waals surface area contributed by atoms with Crippen LogP contribution in [0.1, 0.15) is 46.0 Å². The zero-order valence-electron chi connectivity index (χ0n) is 16.5. The molecule has 0 aliphatic carbocycles. The third kappa shape index (κ3) is 4.76. The van der Waals surface area contributed by atoms with E-state index in [-0.39, 0.29) is 11.7 Å². The molecule has 3 rings (SSSR count). The van der Waals surface area contributed by atoms with E-state index in [4.69, 9.17) is 4.74 Å². The lowest BCUT2D eigenvalue weighted by Gasteiger charge is -2.28. The average Bonchev–Trinajstić information content (AvgIpc) is 2.69. The van der Waals surface area contributed by atoms with Crippen LogP contribution >= 0.6 is 0 Å². The van der Waals surface area contributed by atoms with Gasteiger partial charge in [-0.05, 0) is 74.7 Å². The van der Waals surface area contributed by atoms with Crippen molar-refractivity contribution in [1.29, 1.82) is 0 Å². The first-order valence-corrected chi connectivity index (χ1v) is 11.1. The van der Waals surface area contributed by atoms with Gasteiger partial charge in [0.2, 0.25) is 10.0 Å². The molecule has 0 atom stereocenters. The van der Waals surface area contributed by atoms with Crippen molar-refractivity contribution in [3.05, 3.63) is 59.2 Å². The third-order valence-electron chi connectivity index (χ3n) is 4.75. The van der Waals surface area contributed by atoms with Gasteiger partial charge in [0.15, 0.2) is 0 Å². The zero-order valence-corrected chi connectivity index (χ0v) is 17.3. The summed E-state index contributed by atoms with van der Waals surface area (Å²) in [6.07, 6.45) is 1.50. The Bertz CT molecular complexity index is 1020. The first-order valence-electron chi connectivity index (χ1n) is 9.51. The number of carbonyl (C=O) groups excluding carboxylic acids is 2. The summed E-state index contributed by atoms with van der Waals surface area (Å²) in [5.74, 6) is -0.571. The average molecular weight is 416 g/mol. The van der Waals surface area contributed by atoms with Crippen LogP contribution in [0.2, 0.25) is 0 Å². The van der Waals surface area contributed by atoms with E-state index in [9.17, 15) is 18.0 Å². The number of carbonyl (C=O) groups is 2. The molecule has 29 heavy (non-hydrogen) atoms. The Kier molecular flexibility index (Phi) is 6.22. The van der Waals surface area contributed by atoms with Crippen molar-refractivity contribution in [2.24, 2.45) is 0 Å². The SMILES string of the molecule is CCOC(=O)c1ccc(NC(=O)c2ccc(N3CCCCS3(=O)=O)cc2)c(C)c1. The van der Waals surface area contributed by atoms with Gasteiger partial charge in [-0.15, -0.1) is 0 Å². The molecule has 1 N–H and O–H groups in total. The summed E-state index contributed by atoms with van der Waals surface area (Å²) in [5.41, 5.74) is 2.73. The molecule has 0 saturated carbocycles. The fourth-order valence-corrected chi connectivity index (χ4v) is 4.84. The highest BCUT2D eigenvalue weighted by atomic mass is 32.2. The Balaban J connectivity index is 1.72. The lowest BCUT2D eigenvalue weighted by Crippen LogP contribution is -2.37.